The Morgan fingerprint density at radius 2 is 1.92 bits per heavy atom. The van der Waals surface area contributed by atoms with Gasteiger partial charge in [0, 0.05) is 18.7 Å². The molecule has 3 N–H and O–H groups in total. The van der Waals surface area contributed by atoms with E-state index in [4.69, 9.17) is 23.2 Å². The summed E-state index contributed by atoms with van der Waals surface area (Å²) in [5, 5.41) is 14.3. The Balaban J connectivity index is 1.79. The number of aliphatic hydroxyl groups is 1. The molecule has 0 heterocycles. The largest absolute Gasteiger partial charge is 0.391 e. The molecule has 142 valence electrons. The summed E-state index contributed by atoms with van der Waals surface area (Å²) in [6.07, 6.45) is 5.04. The second-order valence-electron chi connectivity index (χ2n) is 7.17. The van der Waals surface area contributed by atoms with Crippen LogP contribution in [-0.4, -0.2) is 35.0 Å². The summed E-state index contributed by atoms with van der Waals surface area (Å²) in [4.78, 5) is 10.2. The molecule has 0 saturated heterocycles. The molecule has 7 heteroatoms. The maximum absolute atomic E-state index is 12.4. The zero-order chi connectivity index (χ0) is 18.4. The highest BCUT2D eigenvalue weighted by Crippen LogP contribution is 2.45. The van der Waals surface area contributed by atoms with Gasteiger partial charge < -0.3 is 15.3 Å². The Morgan fingerprint density at radius 3 is 2.56 bits per heavy atom. The van der Waals surface area contributed by atoms with E-state index in [2.05, 4.69) is 5.32 Å². The molecule has 1 aromatic rings. The first-order valence-corrected chi connectivity index (χ1v) is 11.7. The quantitative estimate of drug-likeness (QED) is 0.538. The summed E-state index contributed by atoms with van der Waals surface area (Å²) in [7, 11) is -3.29. The minimum atomic E-state index is -3.29. The highest BCUT2D eigenvalue weighted by Gasteiger charge is 2.28. The van der Waals surface area contributed by atoms with Crippen LogP contribution in [0.15, 0.2) is 18.2 Å². The van der Waals surface area contributed by atoms with E-state index < -0.39 is 13.5 Å². The van der Waals surface area contributed by atoms with Gasteiger partial charge in [0.2, 0.25) is 7.37 Å². The summed E-state index contributed by atoms with van der Waals surface area (Å²) in [6, 6.07) is 5.35. The smallest absolute Gasteiger partial charge is 0.203 e. The van der Waals surface area contributed by atoms with Crippen molar-refractivity contribution in [2.24, 2.45) is 5.92 Å². The predicted octanol–water partition coefficient (Wildman–Crippen LogP) is 4.86. The predicted molar refractivity (Wildman–Crippen MR) is 105 cm³/mol. The number of hydrogen-bond acceptors (Lipinski definition) is 3. The van der Waals surface area contributed by atoms with Gasteiger partial charge in [0.1, 0.15) is 0 Å². The SMILES string of the molecule is CC(NC[C@@H](O)CP(=O)(O)CC1CCCCC1)c1ccc(Cl)c(Cl)c1. The third kappa shape index (κ3) is 7.21. The minimum absolute atomic E-state index is 0.0409. The molecule has 2 rings (SSSR count). The lowest BCUT2D eigenvalue weighted by Gasteiger charge is -2.25. The second kappa shape index (κ2) is 9.73. The molecule has 25 heavy (non-hydrogen) atoms. The molecule has 2 unspecified atom stereocenters. The molecule has 0 aromatic heterocycles. The van der Waals surface area contributed by atoms with Crippen LogP contribution in [0.3, 0.4) is 0 Å². The number of hydrogen-bond donors (Lipinski definition) is 3. The zero-order valence-corrected chi connectivity index (χ0v) is 17.0. The number of nitrogens with one attached hydrogen (secondary N) is 1. The van der Waals surface area contributed by atoms with Crippen molar-refractivity contribution in [1.82, 2.24) is 5.32 Å². The van der Waals surface area contributed by atoms with Crippen LogP contribution in [0.25, 0.3) is 0 Å². The van der Waals surface area contributed by atoms with Crippen LogP contribution in [0.5, 0.6) is 0 Å². The monoisotopic (exact) mass is 407 g/mol. The van der Waals surface area contributed by atoms with Gasteiger partial charge in [0.25, 0.3) is 0 Å². The normalized spacial score (nSPS) is 20.8. The molecule has 0 spiro atoms. The van der Waals surface area contributed by atoms with E-state index in [9.17, 15) is 14.6 Å². The lowest BCUT2D eigenvalue weighted by atomic mass is 9.91. The fourth-order valence-electron chi connectivity index (χ4n) is 3.45. The van der Waals surface area contributed by atoms with Crippen molar-refractivity contribution in [2.45, 2.75) is 51.2 Å². The van der Waals surface area contributed by atoms with Crippen LogP contribution in [0.1, 0.15) is 50.6 Å². The molecule has 1 aliphatic carbocycles. The van der Waals surface area contributed by atoms with E-state index in [0.717, 1.165) is 31.2 Å². The Kier molecular flexibility index (Phi) is 8.26. The van der Waals surface area contributed by atoms with Crippen LogP contribution in [0.2, 0.25) is 10.0 Å². The molecule has 1 aromatic carbocycles. The van der Waals surface area contributed by atoms with Gasteiger partial charge in [-0.1, -0.05) is 48.5 Å². The van der Waals surface area contributed by atoms with Crippen molar-refractivity contribution in [3.8, 4) is 0 Å². The molecular weight excluding hydrogens is 380 g/mol. The van der Waals surface area contributed by atoms with Gasteiger partial charge in [-0.05, 0) is 43.4 Å². The van der Waals surface area contributed by atoms with E-state index in [1.54, 1.807) is 12.1 Å². The van der Waals surface area contributed by atoms with Crippen molar-refractivity contribution in [2.75, 3.05) is 18.9 Å². The van der Waals surface area contributed by atoms with Gasteiger partial charge in [0.05, 0.1) is 22.3 Å². The lowest BCUT2D eigenvalue weighted by molar-refractivity contribution is 0.186. The molecule has 0 radical (unpaired) electrons. The Morgan fingerprint density at radius 1 is 1.24 bits per heavy atom. The summed E-state index contributed by atoms with van der Waals surface area (Å²) in [6.45, 7) is 2.21. The molecule has 0 aliphatic heterocycles. The molecule has 1 aliphatic rings. The molecule has 0 bridgehead atoms. The molecule has 4 nitrogen and oxygen atoms in total. The Labute approximate surface area is 160 Å². The molecule has 1 saturated carbocycles. The third-order valence-electron chi connectivity index (χ3n) is 4.87. The molecule has 1 fully saturated rings. The van der Waals surface area contributed by atoms with Crippen LogP contribution in [-0.2, 0) is 4.57 Å². The van der Waals surface area contributed by atoms with Crippen LogP contribution >= 0.6 is 30.6 Å². The van der Waals surface area contributed by atoms with Gasteiger partial charge in [-0.15, -0.1) is 0 Å². The van der Waals surface area contributed by atoms with E-state index in [0.29, 0.717) is 22.1 Å². The first-order valence-electron chi connectivity index (χ1n) is 8.94. The topological polar surface area (TPSA) is 69.6 Å². The van der Waals surface area contributed by atoms with E-state index in [1.165, 1.54) is 6.42 Å². The van der Waals surface area contributed by atoms with Crippen molar-refractivity contribution in [3.05, 3.63) is 33.8 Å². The first-order chi connectivity index (χ1) is 11.8. The highest BCUT2D eigenvalue weighted by atomic mass is 35.5. The summed E-state index contributed by atoms with van der Waals surface area (Å²) in [5.41, 5.74) is 0.955. The van der Waals surface area contributed by atoms with Crippen molar-refractivity contribution in [1.29, 1.82) is 0 Å². The van der Waals surface area contributed by atoms with Gasteiger partial charge in [0.15, 0.2) is 0 Å². The van der Waals surface area contributed by atoms with E-state index in [-0.39, 0.29) is 18.7 Å². The lowest BCUT2D eigenvalue weighted by Crippen LogP contribution is -2.32. The average Bonchev–Trinajstić information content (AvgIpc) is 2.55. The number of benzene rings is 1. The van der Waals surface area contributed by atoms with E-state index in [1.807, 2.05) is 13.0 Å². The van der Waals surface area contributed by atoms with Crippen LogP contribution in [0, 0.1) is 5.92 Å². The standard InChI is InChI=1S/C18H28Cl2NO3P/c1-13(15-7-8-17(19)18(20)9-15)21-10-16(22)12-25(23,24)11-14-5-3-2-4-6-14/h7-9,13-14,16,21-22H,2-6,10-12H2,1H3,(H,23,24)/t13?,16-/m1/s1. The fourth-order valence-corrected chi connectivity index (χ4v) is 5.87. The first kappa shape index (κ1) is 21.2. The van der Waals surface area contributed by atoms with Crippen LogP contribution in [0.4, 0.5) is 0 Å². The summed E-state index contributed by atoms with van der Waals surface area (Å²) >= 11 is 11.9. The summed E-state index contributed by atoms with van der Waals surface area (Å²) < 4.78 is 12.4. The average molecular weight is 408 g/mol. The fraction of sp³-hybridized carbons (Fsp3) is 0.667. The van der Waals surface area contributed by atoms with Crippen molar-refractivity contribution >= 4 is 30.6 Å². The van der Waals surface area contributed by atoms with Gasteiger partial charge >= 0.3 is 0 Å². The van der Waals surface area contributed by atoms with Crippen LogP contribution < -0.4 is 5.32 Å². The van der Waals surface area contributed by atoms with Crippen molar-refractivity contribution in [3.63, 3.8) is 0 Å². The third-order valence-corrected chi connectivity index (χ3v) is 7.69. The van der Waals surface area contributed by atoms with Gasteiger partial charge in [-0.3, -0.25) is 4.57 Å². The summed E-state index contributed by atoms with van der Waals surface area (Å²) in [5.74, 6) is 0.333. The molecular formula is C18H28Cl2NO3P. The van der Waals surface area contributed by atoms with E-state index >= 15 is 0 Å². The molecule has 3 atom stereocenters. The maximum Gasteiger partial charge on any atom is 0.203 e. The van der Waals surface area contributed by atoms with Crippen molar-refractivity contribution < 1.29 is 14.6 Å². The highest BCUT2D eigenvalue weighted by molar-refractivity contribution is 7.58. The Bertz CT molecular complexity index is 608. The minimum Gasteiger partial charge on any atom is -0.391 e. The number of aliphatic hydroxyl groups excluding tert-OH is 1. The Hall–Kier alpha value is -0.0900. The number of rotatable bonds is 8. The zero-order valence-electron chi connectivity index (χ0n) is 14.6. The number of halogens is 2. The maximum atomic E-state index is 12.4. The second-order valence-corrected chi connectivity index (χ2v) is 10.4. The van der Waals surface area contributed by atoms with Gasteiger partial charge in [-0.25, -0.2) is 0 Å². The molecule has 0 amide bonds. The van der Waals surface area contributed by atoms with Gasteiger partial charge in [-0.2, -0.15) is 0 Å².